The predicted octanol–water partition coefficient (Wildman–Crippen LogP) is 8.62. The topological polar surface area (TPSA) is 72.5 Å². The van der Waals surface area contributed by atoms with Gasteiger partial charge in [0.05, 0.1) is 5.56 Å². The Hall–Kier alpha value is -2.43. The Labute approximate surface area is 260 Å². The minimum atomic E-state index is -0.177. The van der Waals surface area contributed by atoms with Crippen LogP contribution in [-0.2, 0) is 14.3 Å². The molecule has 4 aliphatic rings. The van der Waals surface area contributed by atoms with E-state index in [0.717, 1.165) is 44.9 Å². The molecule has 5 heteroatoms. The van der Waals surface area contributed by atoms with Gasteiger partial charge in [0.2, 0.25) is 5.91 Å². The van der Waals surface area contributed by atoms with Crippen molar-refractivity contribution in [2.45, 2.75) is 129 Å². The second-order valence-corrected chi connectivity index (χ2v) is 14.7. The molecule has 0 radical (unpaired) electrons. The van der Waals surface area contributed by atoms with Gasteiger partial charge in [0.1, 0.15) is 6.10 Å². The van der Waals surface area contributed by atoms with Crippen molar-refractivity contribution in [3.8, 4) is 0 Å². The Kier molecular flexibility index (Phi) is 10.5. The molecule has 0 aromatic heterocycles. The highest BCUT2D eigenvalue weighted by Crippen LogP contribution is 2.67. The van der Waals surface area contributed by atoms with Crippen LogP contribution in [0.5, 0.6) is 0 Å². The van der Waals surface area contributed by atoms with Gasteiger partial charge in [-0.15, -0.1) is 0 Å². The van der Waals surface area contributed by atoms with E-state index in [0.29, 0.717) is 47.9 Å². The monoisotopic (exact) mass is 589 g/mol. The summed E-state index contributed by atoms with van der Waals surface area (Å²) < 4.78 is 6.29. The fraction of sp³-hybridized carbons (Fsp3) is 0.711. The van der Waals surface area contributed by atoms with Crippen LogP contribution >= 0.6 is 0 Å². The van der Waals surface area contributed by atoms with E-state index in [9.17, 15) is 14.4 Å². The third-order valence-corrected chi connectivity index (χ3v) is 12.3. The summed E-state index contributed by atoms with van der Waals surface area (Å²) in [7, 11) is 1.71. The van der Waals surface area contributed by atoms with Gasteiger partial charge in [-0.25, -0.2) is 4.79 Å². The molecular weight excluding hydrogens is 534 g/mol. The van der Waals surface area contributed by atoms with Crippen LogP contribution < -0.4 is 5.32 Å². The molecule has 3 unspecified atom stereocenters. The Balaban J connectivity index is 1.21. The van der Waals surface area contributed by atoms with Crippen molar-refractivity contribution >= 4 is 17.7 Å². The van der Waals surface area contributed by atoms with Gasteiger partial charge in [-0.05, 0) is 98.7 Å². The van der Waals surface area contributed by atoms with Crippen LogP contribution in [0, 0.1) is 34.5 Å². The zero-order valence-electron chi connectivity index (χ0n) is 27.0. The van der Waals surface area contributed by atoms with E-state index in [1.54, 1.807) is 7.05 Å². The number of benzene rings is 1. The number of carbonyl (C=O) groups is 3. The molecule has 3 saturated carbocycles. The summed E-state index contributed by atoms with van der Waals surface area (Å²) in [6.07, 6.45) is 20.8. The average molecular weight is 590 g/mol. The molecule has 1 aromatic rings. The van der Waals surface area contributed by atoms with Gasteiger partial charge in [-0.1, -0.05) is 82.6 Å². The summed E-state index contributed by atoms with van der Waals surface area (Å²) >= 11 is 0. The highest BCUT2D eigenvalue weighted by Gasteiger charge is 2.62. The molecule has 236 valence electrons. The molecule has 3 fully saturated rings. The smallest absolute Gasteiger partial charge is 0.338 e. The number of amides is 1. The van der Waals surface area contributed by atoms with Crippen LogP contribution in [0.4, 0.5) is 0 Å². The number of esters is 1. The molecule has 0 bridgehead atoms. The van der Waals surface area contributed by atoms with E-state index in [2.05, 4.69) is 19.2 Å². The predicted molar refractivity (Wildman–Crippen MR) is 171 cm³/mol. The quantitative estimate of drug-likeness (QED) is 0.185. The second kappa shape index (κ2) is 14.1. The van der Waals surface area contributed by atoms with Crippen molar-refractivity contribution in [3.05, 3.63) is 47.5 Å². The SMILES string of the molecule is CNC(=O)CCCCCCCCCC[C@@H]1CC2=CC(=O)CC[C@]2(C)C2CC[C@@]3(C)C(CC[C@@H]3OC(=O)c3ccccc3)C21. The van der Waals surface area contributed by atoms with Crippen LogP contribution in [0.25, 0.3) is 0 Å². The molecule has 0 saturated heterocycles. The number of nitrogens with one attached hydrogen (secondary N) is 1. The second-order valence-electron chi connectivity index (χ2n) is 14.7. The van der Waals surface area contributed by atoms with Gasteiger partial charge >= 0.3 is 5.97 Å². The van der Waals surface area contributed by atoms with Crippen LogP contribution in [0.2, 0.25) is 0 Å². The summed E-state index contributed by atoms with van der Waals surface area (Å²) in [4.78, 5) is 37.0. The van der Waals surface area contributed by atoms with Crippen molar-refractivity contribution in [1.29, 1.82) is 0 Å². The van der Waals surface area contributed by atoms with Crippen molar-refractivity contribution in [2.24, 2.45) is 34.5 Å². The normalized spacial score (nSPS) is 33.1. The van der Waals surface area contributed by atoms with Crippen LogP contribution in [0.15, 0.2) is 42.0 Å². The summed E-state index contributed by atoms with van der Waals surface area (Å²) in [5.41, 5.74) is 2.27. The minimum absolute atomic E-state index is 0.0131. The van der Waals surface area contributed by atoms with Gasteiger partial charge in [-0.2, -0.15) is 0 Å². The number of hydrogen-bond donors (Lipinski definition) is 1. The van der Waals surface area contributed by atoms with Crippen LogP contribution in [0.1, 0.15) is 133 Å². The molecule has 7 atom stereocenters. The fourth-order valence-electron chi connectivity index (χ4n) is 9.79. The molecule has 5 nitrogen and oxygen atoms in total. The first-order valence-electron chi connectivity index (χ1n) is 17.5. The summed E-state index contributed by atoms with van der Waals surface area (Å²) in [5.74, 6) is 2.78. The summed E-state index contributed by atoms with van der Waals surface area (Å²) in [6.45, 7) is 4.89. The standard InChI is InChI=1S/C38H55NO4/c1-37-23-21-30(40)26-29(37)25-28(17-11-8-6-4-5-7-9-14-18-34(41)39-3)35-31-19-20-33(38(31,2)24-22-32(35)37)43-36(42)27-15-12-10-13-16-27/h10,12-13,15-16,26,28,31-33,35H,4-9,11,14,17-25H2,1-3H3,(H,39,41)/t28-,31?,32?,33+,35?,37+,38+/m1/s1. The third kappa shape index (κ3) is 6.96. The molecule has 1 aromatic carbocycles. The zero-order valence-corrected chi connectivity index (χ0v) is 27.0. The first kappa shape index (κ1) is 32.0. The molecule has 0 heterocycles. The molecule has 5 rings (SSSR count). The lowest BCUT2D eigenvalue weighted by atomic mass is 9.44. The highest BCUT2D eigenvalue weighted by atomic mass is 16.5. The number of ketones is 1. The minimum Gasteiger partial charge on any atom is -0.458 e. The van der Waals surface area contributed by atoms with Gasteiger partial charge in [0, 0.05) is 25.3 Å². The number of allylic oxidation sites excluding steroid dienone is 1. The van der Waals surface area contributed by atoms with Gasteiger partial charge in [-0.3, -0.25) is 9.59 Å². The number of carbonyl (C=O) groups excluding carboxylic acids is 3. The summed E-state index contributed by atoms with van der Waals surface area (Å²) in [6, 6.07) is 9.47. The van der Waals surface area contributed by atoms with Crippen molar-refractivity contribution < 1.29 is 19.1 Å². The maximum atomic E-state index is 13.1. The lowest BCUT2D eigenvalue weighted by Crippen LogP contribution is -2.54. The number of ether oxygens (including phenoxy) is 1. The average Bonchev–Trinajstić information content (AvgIpc) is 3.34. The molecular formula is C38H55NO4. The maximum absolute atomic E-state index is 13.1. The first-order valence-corrected chi connectivity index (χ1v) is 17.5. The van der Waals surface area contributed by atoms with Crippen molar-refractivity contribution in [1.82, 2.24) is 5.32 Å². The number of rotatable bonds is 13. The summed E-state index contributed by atoms with van der Waals surface area (Å²) in [5, 5.41) is 2.71. The molecule has 0 spiro atoms. The van der Waals surface area contributed by atoms with E-state index < -0.39 is 0 Å². The zero-order chi connectivity index (χ0) is 30.5. The number of hydrogen-bond acceptors (Lipinski definition) is 4. The Bertz CT molecular complexity index is 1160. The largest absolute Gasteiger partial charge is 0.458 e. The maximum Gasteiger partial charge on any atom is 0.338 e. The number of unbranched alkanes of at least 4 members (excludes halogenated alkanes) is 7. The Morgan fingerprint density at radius 1 is 0.884 bits per heavy atom. The van der Waals surface area contributed by atoms with E-state index in [4.69, 9.17) is 4.74 Å². The first-order chi connectivity index (χ1) is 20.8. The molecule has 1 amide bonds. The highest BCUT2D eigenvalue weighted by molar-refractivity contribution is 5.91. The van der Waals surface area contributed by atoms with E-state index in [-0.39, 0.29) is 28.8 Å². The third-order valence-electron chi connectivity index (χ3n) is 12.3. The van der Waals surface area contributed by atoms with Crippen LogP contribution in [-0.4, -0.2) is 30.8 Å². The molecule has 43 heavy (non-hydrogen) atoms. The Morgan fingerprint density at radius 2 is 1.58 bits per heavy atom. The van der Waals surface area contributed by atoms with E-state index in [1.807, 2.05) is 36.4 Å². The van der Waals surface area contributed by atoms with E-state index in [1.165, 1.54) is 56.9 Å². The van der Waals surface area contributed by atoms with Crippen molar-refractivity contribution in [2.75, 3.05) is 7.05 Å². The molecule has 1 N–H and O–H groups in total. The molecule has 4 aliphatic carbocycles. The Morgan fingerprint density at radius 3 is 2.30 bits per heavy atom. The number of fused-ring (bicyclic) bond motifs is 5. The lowest BCUT2D eigenvalue weighted by Gasteiger charge is -2.60. The van der Waals surface area contributed by atoms with Gasteiger partial charge < -0.3 is 10.1 Å². The van der Waals surface area contributed by atoms with E-state index >= 15 is 0 Å². The van der Waals surface area contributed by atoms with Crippen molar-refractivity contribution in [3.63, 3.8) is 0 Å². The van der Waals surface area contributed by atoms with Crippen LogP contribution in [0.3, 0.4) is 0 Å². The fourth-order valence-corrected chi connectivity index (χ4v) is 9.79. The molecule has 0 aliphatic heterocycles. The lowest BCUT2D eigenvalue weighted by molar-refractivity contribution is -0.121. The van der Waals surface area contributed by atoms with Gasteiger partial charge in [0.15, 0.2) is 5.78 Å². The van der Waals surface area contributed by atoms with Gasteiger partial charge in [0.25, 0.3) is 0 Å².